The van der Waals surface area contributed by atoms with Gasteiger partial charge in [0.1, 0.15) is 17.3 Å². The zero-order valence-corrected chi connectivity index (χ0v) is 21.9. The van der Waals surface area contributed by atoms with E-state index < -0.39 is 17.8 Å². The van der Waals surface area contributed by atoms with Gasteiger partial charge < -0.3 is 25.6 Å². The molecule has 1 saturated carbocycles. The molecule has 2 aromatic carbocycles. The first-order valence-corrected chi connectivity index (χ1v) is 13.2. The molecular weight excluding hydrogens is 523 g/mol. The molecule has 210 valence electrons. The number of pyridine rings is 1. The van der Waals surface area contributed by atoms with Crippen molar-refractivity contribution in [1.82, 2.24) is 9.88 Å². The minimum atomic E-state index is -4.53. The van der Waals surface area contributed by atoms with Gasteiger partial charge in [0.2, 0.25) is 5.91 Å². The number of carbonyl (C=O) groups excluding carboxylic acids is 2. The second-order valence-electron chi connectivity index (χ2n) is 10.3. The number of urea groups is 1. The fourth-order valence-corrected chi connectivity index (χ4v) is 4.62. The van der Waals surface area contributed by atoms with Gasteiger partial charge in [-0.1, -0.05) is 0 Å². The van der Waals surface area contributed by atoms with E-state index >= 15 is 0 Å². The molecule has 11 heteroatoms. The predicted molar refractivity (Wildman–Crippen MR) is 146 cm³/mol. The van der Waals surface area contributed by atoms with Gasteiger partial charge in [-0.15, -0.1) is 0 Å². The topological polar surface area (TPSA) is 95.6 Å². The Morgan fingerprint density at radius 3 is 2.25 bits per heavy atom. The molecule has 1 aromatic heterocycles. The van der Waals surface area contributed by atoms with Crippen LogP contribution in [-0.2, 0) is 11.0 Å². The van der Waals surface area contributed by atoms with Gasteiger partial charge in [0.15, 0.2) is 0 Å². The van der Waals surface area contributed by atoms with Crippen molar-refractivity contribution in [2.45, 2.75) is 37.8 Å². The van der Waals surface area contributed by atoms with Gasteiger partial charge in [-0.25, -0.2) is 9.78 Å². The number of amides is 3. The third kappa shape index (κ3) is 7.29. The highest BCUT2D eigenvalue weighted by molar-refractivity contribution is 6.00. The van der Waals surface area contributed by atoms with Crippen molar-refractivity contribution in [2.75, 3.05) is 36.1 Å². The van der Waals surface area contributed by atoms with E-state index in [1.807, 2.05) is 7.05 Å². The number of benzene rings is 2. The summed E-state index contributed by atoms with van der Waals surface area (Å²) in [5.74, 6) is 1.36. The summed E-state index contributed by atoms with van der Waals surface area (Å²) in [7, 11) is 1.99. The molecule has 40 heavy (non-hydrogen) atoms. The second kappa shape index (κ2) is 11.5. The van der Waals surface area contributed by atoms with Crippen LogP contribution in [0.2, 0.25) is 0 Å². The molecule has 0 radical (unpaired) electrons. The number of likely N-dealkylation sites (tertiary alicyclic amines) is 1. The summed E-state index contributed by atoms with van der Waals surface area (Å²) in [6.07, 6.45) is 0.300. The maximum atomic E-state index is 13.6. The molecule has 3 aromatic rings. The van der Waals surface area contributed by atoms with Crippen molar-refractivity contribution in [3.05, 3.63) is 71.9 Å². The molecular formula is C29H30F3N5O3. The summed E-state index contributed by atoms with van der Waals surface area (Å²) in [6.45, 7) is 1.62. The van der Waals surface area contributed by atoms with Crippen molar-refractivity contribution in [3.8, 4) is 11.5 Å². The van der Waals surface area contributed by atoms with E-state index in [1.165, 1.54) is 12.3 Å². The largest absolute Gasteiger partial charge is 0.457 e. The first-order chi connectivity index (χ1) is 19.1. The first-order valence-electron chi connectivity index (χ1n) is 13.2. The molecule has 1 aliphatic carbocycles. The maximum Gasteiger partial charge on any atom is 0.416 e. The van der Waals surface area contributed by atoms with Crippen LogP contribution < -0.4 is 20.7 Å². The normalized spacial score (nSPS) is 16.3. The average molecular weight is 554 g/mol. The lowest BCUT2D eigenvalue weighted by molar-refractivity contribution is -0.137. The fourth-order valence-electron chi connectivity index (χ4n) is 4.62. The minimum Gasteiger partial charge on any atom is -0.457 e. The van der Waals surface area contributed by atoms with Crippen molar-refractivity contribution >= 4 is 29.1 Å². The molecule has 0 spiro atoms. The molecule has 0 atom stereocenters. The first kappa shape index (κ1) is 27.4. The third-order valence-corrected chi connectivity index (χ3v) is 7.01. The van der Waals surface area contributed by atoms with E-state index in [1.54, 1.807) is 42.5 Å². The van der Waals surface area contributed by atoms with Crippen molar-refractivity contribution in [2.24, 2.45) is 5.92 Å². The zero-order chi connectivity index (χ0) is 28.3. The Morgan fingerprint density at radius 2 is 1.57 bits per heavy atom. The molecule has 2 fully saturated rings. The monoisotopic (exact) mass is 553 g/mol. The molecule has 2 aliphatic rings. The second-order valence-corrected chi connectivity index (χ2v) is 10.3. The lowest BCUT2D eigenvalue weighted by atomic mass is 9.88. The number of halogens is 3. The van der Waals surface area contributed by atoms with Gasteiger partial charge in [-0.3, -0.25) is 4.79 Å². The van der Waals surface area contributed by atoms with Crippen LogP contribution in [0.4, 0.5) is 35.2 Å². The Hall–Kier alpha value is -4.12. The van der Waals surface area contributed by atoms with Gasteiger partial charge in [-0.2, -0.15) is 13.2 Å². The average Bonchev–Trinajstić information content (AvgIpc) is 3.76. The number of anilines is 3. The molecule has 5 rings (SSSR count). The van der Waals surface area contributed by atoms with Crippen LogP contribution in [0.1, 0.15) is 42.7 Å². The van der Waals surface area contributed by atoms with Crippen molar-refractivity contribution in [3.63, 3.8) is 0 Å². The highest BCUT2D eigenvalue weighted by Crippen LogP contribution is 2.36. The number of hydrogen-bond acceptors (Lipinski definition) is 5. The van der Waals surface area contributed by atoms with E-state index in [0.717, 1.165) is 44.8 Å². The number of piperidine rings is 1. The molecule has 3 amide bonds. The van der Waals surface area contributed by atoms with Crippen LogP contribution in [0, 0.1) is 5.92 Å². The van der Waals surface area contributed by atoms with E-state index in [-0.39, 0.29) is 23.4 Å². The molecule has 0 bridgehead atoms. The lowest BCUT2D eigenvalue weighted by Crippen LogP contribution is -2.29. The number of aromatic nitrogens is 1. The van der Waals surface area contributed by atoms with Gasteiger partial charge >= 0.3 is 12.2 Å². The molecule has 0 unspecified atom stereocenters. The van der Waals surface area contributed by atoms with Crippen LogP contribution in [0.3, 0.4) is 0 Å². The van der Waals surface area contributed by atoms with E-state index in [0.29, 0.717) is 28.6 Å². The molecule has 8 nitrogen and oxygen atoms in total. The van der Waals surface area contributed by atoms with E-state index in [2.05, 4.69) is 25.8 Å². The van der Waals surface area contributed by atoms with Gasteiger partial charge in [0.25, 0.3) is 0 Å². The van der Waals surface area contributed by atoms with Gasteiger partial charge in [-0.05, 0) is 106 Å². The number of ether oxygens (including phenoxy) is 1. The Labute approximate surface area is 229 Å². The highest BCUT2D eigenvalue weighted by atomic mass is 19.4. The lowest BCUT2D eigenvalue weighted by Gasteiger charge is -2.29. The summed E-state index contributed by atoms with van der Waals surface area (Å²) < 4.78 is 46.6. The van der Waals surface area contributed by atoms with E-state index in [4.69, 9.17) is 4.74 Å². The number of nitrogens with zero attached hydrogens (tertiary/aromatic N) is 2. The van der Waals surface area contributed by atoms with Crippen LogP contribution >= 0.6 is 0 Å². The zero-order valence-electron chi connectivity index (χ0n) is 21.9. The highest BCUT2D eigenvalue weighted by Gasteiger charge is 2.32. The van der Waals surface area contributed by atoms with Crippen LogP contribution in [0.5, 0.6) is 11.5 Å². The number of rotatable bonds is 7. The minimum absolute atomic E-state index is 0.000553. The summed E-state index contributed by atoms with van der Waals surface area (Å²) in [5, 5.41) is 7.95. The van der Waals surface area contributed by atoms with Crippen LogP contribution in [0.15, 0.2) is 60.8 Å². The molecule has 2 heterocycles. The SMILES string of the molecule is CN1CCC(c2cc(NC(=O)Nc3ccc(Oc4ccnc(NC(=O)C5CC5)c4)cc3)cc(C(F)(F)F)c2)CC1. The fraction of sp³-hybridized carbons (Fsp3) is 0.345. The number of carbonyl (C=O) groups is 2. The summed E-state index contributed by atoms with van der Waals surface area (Å²) in [5.41, 5.74) is 0.307. The smallest absolute Gasteiger partial charge is 0.416 e. The van der Waals surface area contributed by atoms with Crippen LogP contribution in [0.25, 0.3) is 0 Å². The number of hydrogen-bond donors (Lipinski definition) is 3. The standard InChI is InChI=1S/C29H30F3N5O3/c1-37-12-9-18(10-13-37)20-14-21(29(30,31)32)16-23(15-20)35-28(39)34-22-4-6-24(7-5-22)40-25-8-11-33-26(17-25)36-27(38)19-2-3-19/h4-8,11,14-19H,2-3,9-10,12-13H2,1H3,(H,33,36,38)(H2,34,35,39). The number of alkyl halides is 3. The van der Waals surface area contributed by atoms with Crippen LogP contribution in [-0.4, -0.2) is 42.0 Å². The van der Waals surface area contributed by atoms with Gasteiger partial charge in [0, 0.05) is 29.6 Å². The van der Waals surface area contributed by atoms with Crippen molar-refractivity contribution < 1.29 is 27.5 Å². The Kier molecular flexibility index (Phi) is 7.92. The summed E-state index contributed by atoms with van der Waals surface area (Å²) >= 11 is 0. The quantitative estimate of drug-likeness (QED) is 0.303. The Balaban J connectivity index is 1.21. The third-order valence-electron chi connectivity index (χ3n) is 7.01. The summed E-state index contributed by atoms with van der Waals surface area (Å²) in [4.78, 5) is 30.9. The number of nitrogens with one attached hydrogen (secondary N) is 3. The molecule has 3 N–H and O–H groups in total. The summed E-state index contributed by atoms with van der Waals surface area (Å²) in [6, 6.07) is 12.9. The maximum absolute atomic E-state index is 13.6. The van der Waals surface area contributed by atoms with Gasteiger partial charge in [0.05, 0.1) is 5.56 Å². The molecule has 1 aliphatic heterocycles. The Morgan fingerprint density at radius 1 is 0.875 bits per heavy atom. The Bertz CT molecular complexity index is 1370. The molecule has 1 saturated heterocycles. The van der Waals surface area contributed by atoms with E-state index in [9.17, 15) is 22.8 Å². The van der Waals surface area contributed by atoms with Crippen molar-refractivity contribution in [1.29, 1.82) is 0 Å². The predicted octanol–water partition coefficient (Wildman–Crippen LogP) is 6.69.